The third kappa shape index (κ3) is 5.44. The monoisotopic (exact) mass is 446 g/mol. The van der Waals surface area contributed by atoms with Crippen LogP contribution in [0.15, 0.2) is 77.7 Å². The molecule has 0 atom stereocenters. The Balaban J connectivity index is 1.88. The minimum Gasteiger partial charge on any atom is -0.322 e. The van der Waals surface area contributed by atoms with Gasteiger partial charge in [-0.05, 0) is 54.4 Å². The molecule has 0 saturated carbocycles. The van der Waals surface area contributed by atoms with E-state index < -0.39 is 28.3 Å². The summed E-state index contributed by atoms with van der Waals surface area (Å²) in [6, 6.07) is 18.9. The average molecular weight is 447 g/mol. The molecule has 30 heavy (non-hydrogen) atoms. The number of nitrogens with one attached hydrogen (secondary N) is 1. The topological polar surface area (TPSA) is 66.5 Å². The summed E-state index contributed by atoms with van der Waals surface area (Å²) in [6.07, 6.45) is 0. The Morgan fingerprint density at radius 2 is 1.70 bits per heavy atom. The van der Waals surface area contributed by atoms with E-state index >= 15 is 0 Å². The smallest absolute Gasteiger partial charge is 0.243 e. The number of benzene rings is 3. The highest BCUT2D eigenvalue weighted by Gasteiger charge is 2.27. The molecule has 0 heterocycles. The van der Waals surface area contributed by atoms with Crippen molar-refractivity contribution in [3.8, 4) is 0 Å². The fourth-order valence-electron chi connectivity index (χ4n) is 2.85. The second-order valence-corrected chi connectivity index (χ2v) is 9.12. The summed E-state index contributed by atoms with van der Waals surface area (Å²) in [7, 11) is -4.00. The van der Waals surface area contributed by atoms with Crippen molar-refractivity contribution >= 4 is 33.2 Å². The van der Waals surface area contributed by atoms with Gasteiger partial charge in [0, 0.05) is 11.6 Å². The number of halogens is 2. The van der Waals surface area contributed by atoms with Crippen LogP contribution in [0.4, 0.5) is 10.1 Å². The molecule has 0 fully saturated rings. The number of rotatable bonds is 7. The van der Waals surface area contributed by atoms with Crippen molar-refractivity contribution in [1.82, 2.24) is 4.31 Å². The van der Waals surface area contributed by atoms with E-state index in [-0.39, 0.29) is 17.1 Å². The van der Waals surface area contributed by atoms with Crippen LogP contribution in [-0.2, 0) is 21.4 Å². The number of amides is 1. The van der Waals surface area contributed by atoms with Gasteiger partial charge in [-0.25, -0.2) is 12.8 Å². The maximum atomic E-state index is 14.0. The van der Waals surface area contributed by atoms with Crippen molar-refractivity contribution in [2.24, 2.45) is 0 Å². The van der Waals surface area contributed by atoms with Gasteiger partial charge in [0.05, 0.1) is 17.1 Å². The van der Waals surface area contributed by atoms with Gasteiger partial charge >= 0.3 is 0 Å². The second kappa shape index (κ2) is 9.38. The standard InChI is InChI=1S/C22H20ClFN2O3S/c1-16-7-12-20(24)21(13-16)25-22(27)15-26(14-17-5-3-2-4-6-17)30(28,29)19-10-8-18(23)9-11-19/h2-13H,14-15H2,1H3,(H,25,27). The first-order chi connectivity index (χ1) is 14.3. The number of hydrogen-bond acceptors (Lipinski definition) is 3. The van der Waals surface area contributed by atoms with Crippen molar-refractivity contribution < 1.29 is 17.6 Å². The van der Waals surface area contributed by atoms with Gasteiger partial charge in [0.25, 0.3) is 0 Å². The molecule has 8 heteroatoms. The summed E-state index contributed by atoms with van der Waals surface area (Å²) in [5.74, 6) is -1.24. The Hall–Kier alpha value is -2.74. The zero-order chi connectivity index (χ0) is 21.7. The molecule has 0 spiro atoms. The highest BCUT2D eigenvalue weighted by molar-refractivity contribution is 7.89. The summed E-state index contributed by atoms with van der Waals surface area (Å²) in [5.41, 5.74) is 1.48. The number of anilines is 1. The Labute approximate surface area is 180 Å². The molecule has 0 bridgehead atoms. The molecule has 0 aliphatic carbocycles. The van der Waals surface area contributed by atoms with E-state index in [1.54, 1.807) is 37.3 Å². The Morgan fingerprint density at radius 3 is 2.37 bits per heavy atom. The van der Waals surface area contributed by atoms with Crippen LogP contribution in [0.3, 0.4) is 0 Å². The van der Waals surface area contributed by atoms with E-state index in [1.807, 2.05) is 6.07 Å². The van der Waals surface area contributed by atoms with Gasteiger partial charge in [0.1, 0.15) is 5.82 Å². The first kappa shape index (κ1) is 22.0. The number of nitrogens with zero attached hydrogens (tertiary/aromatic N) is 1. The number of aryl methyl sites for hydroxylation is 1. The summed E-state index contributed by atoms with van der Waals surface area (Å²) < 4.78 is 41.4. The lowest BCUT2D eigenvalue weighted by molar-refractivity contribution is -0.116. The van der Waals surface area contributed by atoms with Gasteiger partial charge < -0.3 is 5.32 Å². The van der Waals surface area contributed by atoms with Crippen LogP contribution in [0.5, 0.6) is 0 Å². The van der Waals surface area contributed by atoms with Gasteiger partial charge in [-0.2, -0.15) is 4.31 Å². The minimum absolute atomic E-state index is 0.00329. The zero-order valence-corrected chi connectivity index (χ0v) is 17.8. The van der Waals surface area contributed by atoms with Gasteiger partial charge in [-0.15, -0.1) is 0 Å². The van der Waals surface area contributed by atoms with Crippen LogP contribution in [-0.4, -0.2) is 25.2 Å². The van der Waals surface area contributed by atoms with Crippen molar-refractivity contribution in [3.63, 3.8) is 0 Å². The summed E-state index contributed by atoms with van der Waals surface area (Å²) in [6.45, 7) is 1.27. The third-order valence-electron chi connectivity index (χ3n) is 4.37. The minimum atomic E-state index is -4.00. The fraction of sp³-hybridized carbons (Fsp3) is 0.136. The predicted molar refractivity (Wildman–Crippen MR) is 115 cm³/mol. The predicted octanol–water partition coefficient (Wildman–Crippen LogP) is 4.62. The highest BCUT2D eigenvalue weighted by Crippen LogP contribution is 2.21. The number of sulfonamides is 1. The van der Waals surface area contributed by atoms with Crippen molar-refractivity contribution in [2.45, 2.75) is 18.4 Å². The molecule has 0 unspecified atom stereocenters. The molecule has 0 aliphatic rings. The van der Waals surface area contributed by atoms with E-state index in [0.29, 0.717) is 10.6 Å². The van der Waals surface area contributed by atoms with Crippen molar-refractivity contribution in [3.05, 3.63) is 94.8 Å². The van der Waals surface area contributed by atoms with Crippen LogP contribution in [0.1, 0.15) is 11.1 Å². The SMILES string of the molecule is Cc1ccc(F)c(NC(=O)CN(Cc2ccccc2)S(=O)(=O)c2ccc(Cl)cc2)c1. The summed E-state index contributed by atoms with van der Waals surface area (Å²) in [5, 5.41) is 2.86. The Morgan fingerprint density at radius 1 is 1.03 bits per heavy atom. The second-order valence-electron chi connectivity index (χ2n) is 6.74. The maximum absolute atomic E-state index is 14.0. The molecule has 0 aromatic heterocycles. The molecule has 1 N–H and O–H groups in total. The van der Waals surface area contributed by atoms with E-state index in [2.05, 4.69) is 5.32 Å². The lowest BCUT2D eigenvalue weighted by Gasteiger charge is -2.22. The average Bonchev–Trinajstić information content (AvgIpc) is 2.71. The molecule has 0 radical (unpaired) electrons. The Bertz CT molecular complexity index is 1140. The molecule has 156 valence electrons. The normalized spacial score (nSPS) is 11.5. The van der Waals surface area contributed by atoms with E-state index in [9.17, 15) is 17.6 Å². The molecular weight excluding hydrogens is 427 g/mol. The zero-order valence-electron chi connectivity index (χ0n) is 16.2. The van der Waals surface area contributed by atoms with E-state index in [4.69, 9.17) is 11.6 Å². The van der Waals surface area contributed by atoms with E-state index in [1.165, 1.54) is 36.4 Å². The third-order valence-corrected chi connectivity index (χ3v) is 6.43. The molecule has 0 aliphatic heterocycles. The lowest BCUT2D eigenvalue weighted by Crippen LogP contribution is -2.37. The van der Waals surface area contributed by atoms with Gasteiger partial charge in [0.15, 0.2) is 0 Å². The quantitative estimate of drug-likeness (QED) is 0.576. The van der Waals surface area contributed by atoms with Crippen molar-refractivity contribution in [2.75, 3.05) is 11.9 Å². The Kier molecular flexibility index (Phi) is 6.87. The molecular formula is C22H20ClFN2O3S. The van der Waals surface area contributed by atoms with E-state index in [0.717, 1.165) is 9.87 Å². The first-order valence-electron chi connectivity index (χ1n) is 9.11. The molecule has 3 aromatic rings. The molecule has 1 amide bonds. The van der Waals surface area contributed by atoms with Crippen LogP contribution in [0, 0.1) is 12.7 Å². The van der Waals surface area contributed by atoms with Crippen LogP contribution < -0.4 is 5.32 Å². The van der Waals surface area contributed by atoms with Gasteiger partial charge in [-0.1, -0.05) is 48.0 Å². The fourth-order valence-corrected chi connectivity index (χ4v) is 4.36. The molecule has 3 aromatic carbocycles. The van der Waals surface area contributed by atoms with Crippen LogP contribution in [0.2, 0.25) is 5.02 Å². The van der Waals surface area contributed by atoms with Crippen LogP contribution in [0.25, 0.3) is 0 Å². The van der Waals surface area contributed by atoms with Crippen LogP contribution >= 0.6 is 11.6 Å². The van der Waals surface area contributed by atoms with Gasteiger partial charge in [0.2, 0.25) is 15.9 Å². The van der Waals surface area contributed by atoms with Gasteiger partial charge in [-0.3, -0.25) is 4.79 Å². The number of hydrogen-bond donors (Lipinski definition) is 1. The largest absolute Gasteiger partial charge is 0.322 e. The number of carbonyl (C=O) groups is 1. The molecule has 0 saturated heterocycles. The molecule has 3 rings (SSSR count). The lowest BCUT2D eigenvalue weighted by atomic mass is 10.2. The number of carbonyl (C=O) groups excluding carboxylic acids is 1. The first-order valence-corrected chi connectivity index (χ1v) is 10.9. The van der Waals surface area contributed by atoms with Crippen molar-refractivity contribution in [1.29, 1.82) is 0 Å². The summed E-state index contributed by atoms with van der Waals surface area (Å²) >= 11 is 5.87. The molecule has 5 nitrogen and oxygen atoms in total. The highest BCUT2D eigenvalue weighted by atomic mass is 35.5. The maximum Gasteiger partial charge on any atom is 0.243 e. The summed E-state index contributed by atoms with van der Waals surface area (Å²) in [4.78, 5) is 12.6.